The monoisotopic (exact) mass is 224 g/mol. The molecule has 0 amide bonds. The van der Waals surface area contributed by atoms with E-state index < -0.39 is 5.97 Å². The van der Waals surface area contributed by atoms with Gasteiger partial charge in [-0.1, -0.05) is 0 Å². The Labute approximate surface area is 92.5 Å². The highest BCUT2D eigenvalue weighted by Gasteiger charge is 2.23. The second-order valence-electron chi connectivity index (χ2n) is 3.44. The zero-order chi connectivity index (χ0) is 11.5. The Kier molecular flexibility index (Phi) is 2.96. The van der Waals surface area contributed by atoms with Crippen LogP contribution >= 0.6 is 0 Å². The number of carbonyl (C=O) groups excluding carboxylic acids is 1. The maximum Gasteiger partial charge on any atom is 0.341 e. The second kappa shape index (κ2) is 4.40. The van der Waals surface area contributed by atoms with Crippen molar-refractivity contribution in [1.82, 2.24) is 0 Å². The van der Waals surface area contributed by atoms with E-state index in [2.05, 4.69) is 4.74 Å². The lowest BCUT2D eigenvalue weighted by Crippen LogP contribution is -2.05. The number of phenolic OH excluding ortho intramolecular Hbond substituents is 1. The van der Waals surface area contributed by atoms with Crippen LogP contribution in [0.25, 0.3) is 0 Å². The van der Waals surface area contributed by atoms with E-state index in [0.717, 1.165) is 0 Å². The van der Waals surface area contributed by atoms with Crippen LogP contribution in [0.15, 0.2) is 18.2 Å². The summed E-state index contributed by atoms with van der Waals surface area (Å²) in [6.45, 7) is 1.17. The first-order valence-corrected chi connectivity index (χ1v) is 4.86. The highest BCUT2D eigenvalue weighted by atomic mass is 16.6. The summed E-state index contributed by atoms with van der Waals surface area (Å²) in [5.74, 6) is -0.226. The molecule has 1 atom stereocenters. The molecule has 0 spiro atoms. The molecular weight excluding hydrogens is 212 g/mol. The smallest absolute Gasteiger partial charge is 0.341 e. The van der Waals surface area contributed by atoms with E-state index in [-0.39, 0.29) is 17.4 Å². The fraction of sp³-hybridized carbons (Fsp3) is 0.364. The van der Waals surface area contributed by atoms with E-state index in [0.29, 0.717) is 19.0 Å². The van der Waals surface area contributed by atoms with Crippen molar-refractivity contribution < 1.29 is 24.1 Å². The van der Waals surface area contributed by atoms with Gasteiger partial charge in [-0.2, -0.15) is 0 Å². The average molecular weight is 224 g/mol. The minimum Gasteiger partial charge on any atom is -0.507 e. The lowest BCUT2D eigenvalue weighted by molar-refractivity contribution is 0.0597. The highest BCUT2D eigenvalue weighted by Crippen LogP contribution is 2.25. The van der Waals surface area contributed by atoms with Crippen molar-refractivity contribution >= 4 is 5.97 Å². The van der Waals surface area contributed by atoms with Crippen molar-refractivity contribution in [3.05, 3.63) is 23.8 Å². The first-order valence-electron chi connectivity index (χ1n) is 4.86. The lowest BCUT2D eigenvalue weighted by atomic mass is 10.2. The summed E-state index contributed by atoms with van der Waals surface area (Å²) in [7, 11) is 1.26. The van der Waals surface area contributed by atoms with Crippen molar-refractivity contribution in [2.24, 2.45) is 0 Å². The Bertz CT molecular complexity index is 397. The van der Waals surface area contributed by atoms with E-state index in [1.807, 2.05) is 0 Å². The van der Waals surface area contributed by atoms with Gasteiger partial charge in [0.05, 0.1) is 13.7 Å². The summed E-state index contributed by atoms with van der Waals surface area (Å²) < 4.78 is 14.8. The topological polar surface area (TPSA) is 68.3 Å². The maximum atomic E-state index is 11.2. The van der Waals surface area contributed by atoms with Gasteiger partial charge in [-0.15, -0.1) is 0 Å². The van der Waals surface area contributed by atoms with Crippen LogP contribution < -0.4 is 4.74 Å². The fourth-order valence-corrected chi connectivity index (χ4v) is 1.24. The van der Waals surface area contributed by atoms with Crippen LogP contribution in [-0.2, 0) is 9.47 Å². The summed E-state index contributed by atoms with van der Waals surface area (Å²) in [6.07, 6.45) is 0.155. The van der Waals surface area contributed by atoms with Crippen LogP contribution in [0.2, 0.25) is 0 Å². The second-order valence-corrected chi connectivity index (χ2v) is 3.44. The SMILES string of the molecule is COC(=O)c1ccc(OCC2CO2)cc1O. The van der Waals surface area contributed by atoms with Crippen molar-refractivity contribution in [2.75, 3.05) is 20.3 Å². The molecule has 0 saturated carbocycles. The standard InChI is InChI=1S/C11H12O5/c1-14-11(13)9-3-2-7(4-10(9)12)15-5-8-6-16-8/h2-4,8,12H,5-6H2,1H3. The fourth-order valence-electron chi connectivity index (χ4n) is 1.24. The number of hydrogen-bond acceptors (Lipinski definition) is 5. The number of aromatic hydroxyl groups is 1. The van der Waals surface area contributed by atoms with Crippen LogP contribution in [0.3, 0.4) is 0 Å². The molecule has 1 aromatic rings. The number of benzene rings is 1. The third-order valence-corrected chi connectivity index (χ3v) is 2.21. The van der Waals surface area contributed by atoms with Crippen molar-refractivity contribution in [3.8, 4) is 11.5 Å². The summed E-state index contributed by atoms with van der Waals surface area (Å²) in [5.41, 5.74) is 0.123. The van der Waals surface area contributed by atoms with E-state index in [1.165, 1.54) is 19.2 Å². The quantitative estimate of drug-likeness (QED) is 0.609. The Hall–Kier alpha value is -1.75. The molecule has 86 valence electrons. The molecule has 0 aromatic heterocycles. The molecule has 2 rings (SSSR count). The molecular formula is C11H12O5. The average Bonchev–Trinajstić information content (AvgIpc) is 3.09. The van der Waals surface area contributed by atoms with E-state index in [4.69, 9.17) is 9.47 Å². The summed E-state index contributed by atoms with van der Waals surface area (Å²) in [5, 5.41) is 9.56. The molecule has 1 unspecified atom stereocenters. The van der Waals surface area contributed by atoms with Gasteiger partial charge in [0.25, 0.3) is 0 Å². The minimum atomic E-state index is -0.574. The molecule has 1 aliphatic rings. The van der Waals surface area contributed by atoms with E-state index >= 15 is 0 Å². The minimum absolute atomic E-state index is 0.123. The number of carbonyl (C=O) groups is 1. The third-order valence-electron chi connectivity index (χ3n) is 2.21. The predicted octanol–water partition coefficient (Wildman–Crippen LogP) is 0.956. The normalized spacial score (nSPS) is 17.9. The van der Waals surface area contributed by atoms with Gasteiger partial charge in [0.15, 0.2) is 0 Å². The summed E-state index contributed by atoms with van der Waals surface area (Å²) >= 11 is 0. The highest BCUT2D eigenvalue weighted by molar-refractivity contribution is 5.92. The first kappa shape index (κ1) is 10.8. The van der Waals surface area contributed by atoms with Crippen LogP contribution in [0.4, 0.5) is 0 Å². The van der Waals surface area contributed by atoms with Gasteiger partial charge < -0.3 is 19.3 Å². The van der Waals surface area contributed by atoms with Crippen molar-refractivity contribution in [2.45, 2.75) is 6.10 Å². The molecule has 5 heteroatoms. The lowest BCUT2D eigenvalue weighted by Gasteiger charge is -2.07. The molecule has 1 heterocycles. The van der Waals surface area contributed by atoms with Crippen molar-refractivity contribution in [1.29, 1.82) is 0 Å². The van der Waals surface area contributed by atoms with Crippen LogP contribution in [-0.4, -0.2) is 37.5 Å². The Morgan fingerprint density at radius 3 is 2.94 bits per heavy atom. The molecule has 1 aliphatic heterocycles. The number of epoxide rings is 1. The number of esters is 1. The Balaban J connectivity index is 2.05. The number of rotatable bonds is 4. The Morgan fingerprint density at radius 2 is 2.38 bits per heavy atom. The molecule has 1 fully saturated rings. The predicted molar refractivity (Wildman–Crippen MR) is 54.7 cm³/mol. The molecule has 0 radical (unpaired) electrons. The molecule has 1 N–H and O–H groups in total. The van der Waals surface area contributed by atoms with Crippen LogP contribution in [0.1, 0.15) is 10.4 Å². The van der Waals surface area contributed by atoms with E-state index in [1.54, 1.807) is 6.07 Å². The molecule has 0 bridgehead atoms. The first-order chi connectivity index (χ1) is 7.70. The maximum absolute atomic E-state index is 11.2. The van der Waals surface area contributed by atoms with Gasteiger partial charge in [0, 0.05) is 6.07 Å². The van der Waals surface area contributed by atoms with Gasteiger partial charge >= 0.3 is 5.97 Å². The van der Waals surface area contributed by atoms with Gasteiger partial charge in [-0.25, -0.2) is 4.79 Å². The van der Waals surface area contributed by atoms with E-state index in [9.17, 15) is 9.90 Å². The molecule has 16 heavy (non-hydrogen) atoms. The molecule has 5 nitrogen and oxygen atoms in total. The van der Waals surface area contributed by atoms with Gasteiger partial charge in [-0.05, 0) is 12.1 Å². The van der Waals surface area contributed by atoms with Gasteiger partial charge in [-0.3, -0.25) is 0 Å². The van der Waals surface area contributed by atoms with Gasteiger partial charge in [0.1, 0.15) is 29.8 Å². The third kappa shape index (κ3) is 2.43. The number of methoxy groups -OCH3 is 1. The number of hydrogen-bond donors (Lipinski definition) is 1. The van der Waals surface area contributed by atoms with Crippen LogP contribution in [0, 0.1) is 0 Å². The van der Waals surface area contributed by atoms with Gasteiger partial charge in [0.2, 0.25) is 0 Å². The summed E-state index contributed by atoms with van der Waals surface area (Å²) in [6, 6.07) is 4.45. The van der Waals surface area contributed by atoms with Crippen molar-refractivity contribution in [3.63, 3.8) is 0 Å². The molecule has 1 aromatic carbocycles. The number of phenols is 1. The zero-order valence-corrected chi connectivity index (χ0v) is 8.80. The Morgan fingerprint density at radius 1 is 1.62 bits per heavy atom. The number of ether oxygens (including phenoxy) is 3. The largest absolute Gasteiger partial charge is 0.507 e. The molecule has 1 saturated heterocycles. The zero-order valence-electron chi connectivity index (χ0n) is 8.80. The van der Waals surface area contributed by atoms with Crippen LogP contribution in [0.5, 0.6) is 11.5 Å². The summed E-state index contributed by atoms with van der Waals surface area (Å²) in [4.78, 5) is 11.2. The molecule has 0 aliphatic carbocycles.